The highest BCUT2D eigenvalue weighted by Gasteiger charge is 2.38. The van der Waals surface area contributed by atoms with Crippen LogP contribution in [0.5, 0.6) is 0 Å². The molecule has 7 nitrogen and oxygen atoms in total. The number of hydrogen-bond acceptors (Lipinski definition) is 5. The van der Waals surface area contributed by atoms with E-state index in [1.807, 2.05) is 6.92 Å². The van der Waals surface area contributed by atoms with Gasteiger partial charge in [0.2, 0.25) is 0 Å². The van der Waals surface area contributed by atoms with Crippen molar-refractivity contribution in [2.24, 2.45) is 0 Å². The Morgan fingerprint density at radius 1 is 1.43 bits per heavy atom. The van der Waals surface area contributed by atoms with Gasteiger partial charge in [0.05, 0.1) is 37.1 Å². The summed E-state index contributed by atoms with van der Waals surface area (Å²) < 4.78 is 7.07. The van der Waals surface area contributed by atoms with Gasteiger partial charge in [-0.1, -0.05) is 0 Å². The monoisotopic (exact) mass is 294 g/mol. The molecule has 3 heterocycles. The number of aliphatic hydroxyl groups is 1. The van der Waals surface area contributed by atoms with Crippen LogP contribution in [0.3, 0.4) is 0 Å². The molecule has 0 unspecified atom stereocenters. The maximum atomic E-state index is 12.5. The summed E-state index contributed by atoms with van der Waals surface area (Å²) in [6.45, 7) is 6.70. The van der Waals surface area contributed by atoms with E-state index in [1.165, 1.54) is 0 Å². The Kier molecular flexibility index (Phi) is 4.23. The number of carbonyl (C=O) groups excluding carboxylic acids is 1. The number of aliphatic hydroxyl groups excluding tert-OH is 1. The van der Waals surface area contributed by atoms with Crippen LogP contribution >= 0.6 is 0 Å². The Balaban J connectivity index is 1.65. The second-order valence-electron chi connectivity index (χ2n) is 5.58. The number of rotatable bonds is 3. The zero-order valence-electron chi connectivity index (χ0n) is 12.3. The van der Waals surface area contributed by atoms with Crippen LogP contribution < -0.4 is 0 Å². The van der Waals surface area contributed by atoms with Crippen LogP contribution in [-0.4, -0.2) is 82.1 Å². The molecule has 116 valence electrons. The lowest BCUT2D eigenvalue weighted by molar-refractivity contribution is -0.00611. The number of nitrogens with zero attached hydrogens (tertiary/aromatic N) is 4. The molecule has 0 spiro atoms. The van der Waals surface area contributed by atoms with Crippen molar-refractivity contribution in [3.8, 4) is 0 Å². The predicted octanol–water partition coefficient (Wildman–Crippen LogP) is -0.579. The lowest BCUT2D eigenvalue weighted by atomic mass is 10.1. The first-order valence-electron chi connectivity index (χ1n) is 7.50. The minimum absolute atomic E-state index is 0.0130. The van der Waals surface area contributed by atoms with E-state index in [2.05, 4.69) is 10.00 Å². The zero-order chi connectivity index (χ0) is 14.8. The molecule has 1 amide bonds. The number of amides is 1. The minimum Gasteiger partial charge on any atom is -0.390 e. The number of carbonyl (C=O) groups is 1. The summed E-state index contributed by atoms with van der Waals surface area (Å²) in [7, 11) is 0. The Hall–Kier alpha value is -1.44. The Bertz CT molecular complexity index is 498. The van der Waals surface area contributed by atoms with Crippen molar-refractivity contribution < 1.29 is 14.6 Å². The van der Waals surface area contributed by atoms with Gasteiger partial charge in [-0.25, -0.2) is 0 Å². The summed E-state index contributed by atoms with van der Waals surface area (Å²) in [6.07, 6.45) is 2.87. The largest absolute Gasteiger partial charge is 0.390 e. The summed E-state index contributed by atoms with van der Waals surface area (Å²) >= 11 is 0. The van der Waals surface area contributed by atoms with E-state index in [9.17, 15) is 9.90 Å². The molecule has 0 bridgehead atoms. The molecule has 2 fully saturated rings. The molecule has 0 aromatic carbocycles. The van der Waals surface area contributed by atoms with Crippen LogP contribution in [0.2, 0.25) is 0 Å². The van der Waals surface area contributed by atoms with E-state index < -0.39 is 6.10 Å². The summed E-state index contributed by atoms with van der Waals surface area (Å²) in [4.78, 5) is 16.4. The van der Waals surface area contributed by atoms with Crippen LogP contribution in [0, 0.1) is 0 Å². The molecule has 0 saturated carbocycles. The van der Waals surface area contributed by atoms with Gasteiger partial charge in [-0.05, 0) is 6.92 Å². The SMILES string of the molecule is CCn1cc(C(=O)N2C[C@@H](O)[C@H](N3CCOCC3)C2)cn1. The highest BCUT2D eigenvalue weighted by Crippen LogP contribution is 2.19. The molecule has 3 rings (SSSR count). The van der Waals surface area contributed by atoms with Crippen molar-refractivity contribution in [3.05, 3.63) is 18.0 Å². The number of hydrogen-bond donors (Lipinski definition) is 1. The van der Waals surface area contributed by atoms with Crippen LogP contribution in [0.1, 0.15) is 17.3 Å². The third-order valence-electron chi connectivity index (χ3n) is 4.27. The number of morpholine rings is 1. The maximum absolute atomic E-state index is 12.5. The van der Waals surface area contributed by atoms with E-state index in [0.717, 1.165) is 19.6 Å². The molecule has 7 heteroatoms. The third-order valence-corrected chi connectivity index (χ3v) is 4.27. The smallest absolute Gasteiger partial charge is 0.257 e. The van der Waals surface area contributed by atoms with Gasteiger partial charge in [0.15, 0.2) is 0 Å². The second kappa shape index (κ2) is 6.13. The van der Waals surface area contributed by atoms with Gasteiger partial charge >= 0.3 is 0 Å². The first-order valence-corrected chi connectivity index (χ1v) is 7.50. The summed E-state index contributed by atoms with van der Waals surface area (Å²) in [5.74, 6) is -0.0514. The van der Waals surface area contributed by atoms with Gasteiger partial charge in [0, 0.05) is 38.9 Å². The Labute approximate surface area is 124 Å². The number of ether oxygens (including phenoxy) is 1. The summed E-state index contributed by atoms with van der Waals surface area (Å²) in [5, 5.41) is 14.4. The quantitative estimate of drug-likeness (QED) is 0.808. The molecule has 1 N–H and O–H groups in total. The first kappa shape index (κ1) is 14.5. The van der Waals surface area contributed by atoms with Crippen LogP contribution in [0.25, 0.3) is 0 Å². The lowest BCUT2D eigenvalue weighted by Crippen LogP contribution is -2.49. The zero-order valence-corrected chi connectivity index (χ0v) is 12.3. The maximum Gasteiger partial charge on any atom is 0.257 e. The number of β-amino-alcohol motifs (C(OH)–C–C–N with tert-alkyl or cyclic N) is 1. The van der Waals surface area contributed by atoms with E-state index in [4.69, 9.17) is 4.74 Å². The molecule has 2 atom stereocenters. The highest BCUT2D eigenvalue weighted by atomic mass is 16.5. The molecule has 1 aromatic rings. The fraction of sp³-hybridized carbons (Fsp3) is 0.714. The number of likely N-dealkylation sites (tertiary alicyclic amines) is 1. The average molecular weight is 294 g/mol. The number of aromatic nitrogens is 2. The predicted molar refractivity (Wildman–Crippen MR) is 76.0 cm³/mol. The molecule has 21 heavy (non-hydrogen) atoms. The molecular formula is C14H22N4O3. The Morgan fingerprint density at radius 3 is 2.86 bits per heavy atom. The highest BCUT2D eigenvalue weighted by molar-refractivity contribution is 5.94. The fourth-order valence-corrected chi connectivity index (χ4v) is 3.03. The van der Waals surface area contributed by atoms with E-state index >= 15 is 0 Å². The molecule has 2 saturated heterocycles. The van der Waals surface area contributed by atoms with Gasteiger partial charge in [-0.2, -0.15) is 5.10 Å². The summed E-state index contributed by atoms with van der Waals surface area (Å²) in [5.41, 5.74) is 0.590. The average Bonchev–Trinajstić information content (AvgIpc) is 3.14. The second-order valence-corrected chi connectivity index (χ2v) is 5.58. The van der Waals surface area contributed by atoms with Gasteiger partial charge in [-0.3, -0.25) is 14.4 Å². The van der Waals surface area contributed by atoms with E-state index in [-0.39, 0.29) is 11.9 Å². The van der Waals surface area contributed by atoms with Gasteiger partial charge in [-0.15, -0.1) is 0 Å². The number of aryl methyl sites for hydroxylation is 1. The summed E-state index contributed by atoms with van der Waals surface area (Å²) in [6, 6.07) is 0.0130. The topological polar surface area (TPSA) is 70.8 Å². The Morgan fingerprint density at radius 2 is 2.19 bits per heavy atom. The van der Waals surface area contributed by atoms with Crippen molar-refractivity contribution in [2.75, 3.05) is 39.4 Å². The molecule has 1 aromatic heterocycles. The molecule has 2 aliphatic heterocycles. The van der Waals surface area contributed by atoms with Crippen LogP contribution in [-0.2, 0) is 11.3 Å². The first-order chi connectivity index (χ1) is 10.2. The van der Waals surface area contributed by atoms with Crippen molar-refractivity contribution in [1.29, 1.82) is 0 Å². The van der Waals surface area contributed by atoms with Crippen LogP contribution in [0.15, 0.2) is 12.4 Å². The molecule has 2 aliphatic rings. The molecular weight excluding hydrogens is 272 g/mol. The lowest BCUT2D eigenvalue weighted by Gasteiger charge is -2.33. The van der Waals surface area contributed by atoms with Gasteiger partial charge in [0.25, 0.3) is 5.91 Å². The van der Waals surface area contributed by atoms with E-state index in [1.54, 1.807) is 22.0 Å². The van der Waals surface area contributed by atoms with Crippen molar-refractivity contribution in [1.82, 2.24) is 19.6 Å². The fourth-order valence-electron chi connectivity index (χ4n) is 3.03. The molecule has 0 aliphatic carbocycles. The van der Waals surface area contributed by atoms with Crippen molar-refractivity contribution in [3.63, 3.8) is 0 Å². The molecule has 0 radical (unpaired) electrons. The third kappa shape index (κ3) is 2.95. The standard InChI is InChI=1S/C14H22N4O3/c1-2-18-8-11(7-15-18)14(20)17-9-12(13(19)10-17)16-3-5-21-6-4-16/h7-8,12-13,19H,2-6,9-10H2,1H3/t12-,13-/m1/s1. The van der Waals surface area contributed by atoms with Gasteiger partial charge in [0.1, 0.15) is 0 Å². The van der Waals surface area contributed by atoms with Crippen molar-refractivity contribution in [2.45, 2.75) is 25.6 Å². The normalized spacial score (nSPS) is 27.2. The van der Waals surface area contributed by atoms with Crippen molar-refractivity contribution >= 4 is 5.91 Å². The van der Waals surface area contributed by atoms with Gasteiger partial charge < -0.3 is 14.7 Å². The van der Waals surface area contributed by atoms with Crippen LogP contribution in [0.4, 0.5) is 0 Å². The van der Waals surface area contributed by atoms with E-state index in [0.29, 0.717) is 31.9 Å². The minimum atomic E-state index is -0.492.